The van der Waals surface area contributed by atoms with Gasteiger partial charge in [0, 0.05) is 17.2 Å². The standard InChI is InChI=1S/C15H9Cl3O2/c16-11-3-1-2-10(8-11)4-7-15(19)20-12-5-6-13(17)14(18)9-12/h1-9H/b7-4+. The fourth-order valence-electron chi connectivity index (χ4n) is 1.47. The molecule has 5 heteroatoms. The number of carbonyl (C=O) groups excluding carboxylic acids is 1. The van der Waals surface area contributed by atoms with Crippen LogP contribution in [0.4, 0.5) is 0 Å². The van der Waals surface area contributed by atoms with Crippen LogP contribution in [0.3, 0.4) is 0 Å². The molecule has 20 heavy (non-hydrogen) atoms. The van der Waals surface area contributed by atoms with E-state index in [0.29, 0.717) is 20.8 Å². The molecule has 0 heterocycles. The molecule has 2 aromatic rings. The van der Waals surface area contributed by atoms with Crippen LogP contribution in [0.2, 0.25) is 15.1 Å². The highest BCUT2D eigenvalue weighted by molar-refractivity contribution is 6.42. The Morgan fingerprint density at radius 2 is 1.80 bits per heavy atom. The van der Waals surface area contributed by atoms with Crippen LogP contribution in [0, 0.1) is 0 Å². The maximum absolute atomic E-state index is 11.6. The second-order valence-corrected chi connectivity index (χ2v) is 5.14. The van der Waals surface area contributed by atoms with E-state index in [-0.39, 0.29) is 0 Å². The third-order valence-corrected chi connectivity index (χ3v) is 3.34. The molecular formula is C15H9Cl3O2. The summed E-state index contributed by atoms with van der Waals surface area (Å²) in [4.78, 5) is 11.6. The number of rotatable bonds is 3. The van der Waals surface area contributed by atoms with Crippen molar-refractivity contribution in [1.29, 1.82) is 0 Å². The van der Waals surface area contributed by atoms with Gasteiger partial charge in [-0.1, -0.05) is 46.9 Å². The van der Waals surface area contributed by atoms with Gasteiger partial charge in [0.25, 0.3) is 0 Å². The van der Waals surface area contributed by atoms with Gasteiger partial charge in [0.15, 0.2) is 0 Å². The normalized spacial score (nSPS) is 10.8. The maximum Gasteiger partial charge on any atom is 0.336 e. The smallest absolute Gasteiger partial charge is 0.336 e. The van der Waals surface area contributed by atoms with Gasteiger partial charge in [-0.25, -0.2) is 4.79 Å². The highest BCUT2D eigenvalue weighted by atomic mass is 35.5. The van der Waals surface area contributed by atoms with Crippen molar-refractivity contribution in [3.8, 4) is 5.75 Å². The third kappa shape index (κ3) is 4.27. The second kappa shape index (κ2) is 6.80. The number of ether oxygens (including phenoxy) is 1. The summed E-state index contributed by atoms with van der Waals surface area (Å²) in [6.07, 6.45) is 2.93. The summed E-state index contributed by atoms with van der Waals surface area (Å²) < 4.78 is 5.10. The zero-order chi connectivity index (χ0) is 14.5. The minimum absolute atomic E-state index is 0.329. The van der Waals surface area contributed by atoms with Crippen molar-refractivity contribution in [3.05, 3.63) is 69.2 Å². The summed E-state index contributed by atoms with van der Waals surface area (Å²) in [5, 5.41) is 1.33. The van der Waals surface area contributed by atoms with E-state index < -0.39 is 5.97 Å². The van der Waals surface area contributed by atoms with Crippen molar-refractivity contribution in [2.75, 3.05) is 0 Å². The van der Waals surface area contributed by atoms with Crippen LogP contribution in [0.25, 0.3) is 6.08 Å². The molecule has 0 fully saturated rings. The predicted octanol–water partition coefficient (Wildman–Crippen LogP) is 5.27. The van der Waals surface area contributed by atoms with Crippen LogP contribution in [-0.4, -0.2) is 5.97 Å². The zero-order valence-corrected chi connectivity index (χ0v) is 12.4. The van der Waals surface area contributed by atoms with E-state index in [9.17, 15) is 4.79 Å². The van der Waals surface area contributed by atoms with Crippen LogP contribution in [0.5, 0.6) is 5.75 Å². The van der Waals surface area contributed by atoms with Crippen molar-refractivity contribution < 1.29 is 9.53 Å². The molecule has 0 aliphatic carbocycles. The highest BCUT2D eigenvalue weighted by Crippen LogP contribution is 2.26. The number of esters is 1. The quantitative estimate of drug-likeness (QED) is 0.436. The van der Waals surface area contributed by atoms with E-state index in [4.69, 9.17) is 39.5 Å². The van der Waals surface area contributed by atoms with Gasteiger partial charge in [0.05, 0.1) is 10.0 Å². The van der Waals surface area contributed by atoms with Crippen LogP contribution in [0.15, 0.2) is 48.5 Å². The van der Waals surface area contributed by atoms with Crippen LogP contribution in [-0.2, 0) is 4.79 Å². The van der Waals surface area contributed by atoms with Gasteiger partial charge >= 0.3 is 5.97 Å². The molecule has 0 saturated heterocycles. The molecule has 0 aliphatic rings. The lowest BCUT2D eigenvalue weighted by Crippen LogP contribution is -2.03. The minimum atomic E-state index is -0.511. The molecule has 102 valence electrons. The van der Waals surface area contributed by atoms with E-state index in [0.717, 1.165) is 5.56 Å². The molecule has 2 nitrogen and oxygen atoms in total. The van der Waals surface area contributed by atoms with Crippen LogP contribution < -0.4 is 4.74 Å². The maximum atomic E-state index is 11.6. The molecule has 0 radical (unpaired) electrons. The summed E-state index contributed by atoms with van der Waals surface area (Å²) in [7, 11) is 0. The first-order chi connectivity index (χ1) is 9.54. The average molecular weight is 328 g/mol. The van der Waals surface area contributed by atoms with Gasteiger partial charge in [-0.3, -0.25) is 0 Å². The molecular weight excluding hydrogens is 319 g/mol. The van der Waals surface area contributed by atoms with Gasteiger partial charge in [0.1, 0.15) is 5.75 Å². The lowest BCUT2D eigenvalue weighted by atomic mass is 10.2. The van der Waals surface area contributed by atoms with E-state index in [2.05, 4.69) is 0 Å². The second-order valence-electron chi connectivity index (χ2n) is 3.89. The Balaban J connectivity index is 2.03. The first kappa shape index (κ1) is 14.9. The van der Waals surface area contributed by atoms with E-state index in [1.807, 2.05) is 6.07 Å². The van der Waals surface area contributed by atoms with Crippen LogP contribution >= 0.6 is 34.8 Å². The van der Waals surface area contributed by atoms with Gasteiger partial charge in [-0.2, -0.15) is 0 Å². The molecule has 0 aliphatic heterocycles. The average Bonchev–Trinajstić information content (AvgIpc) is 2.41. The van der Waals surface area contributed by atoms with E-state index >= 15 is 0 Å². The Hall–Kier alpha value is -1.48. The minimum Gasteiger partial charge on any atom is -0.423 e. The fourth-order valence-corrected chi connectivity index (χ4v) is 1.95. The lowest BCUT2D eigenvalue weighted by molar-refractivity contribution is -0.128. The number of halogens is 3. The summed E-state index contributed by atoms with van der Waals surface area (Å²) in [5.41, 5.74) is 0.809. The Morgan fingerprint density at radius 3 is 2.50 bits per heavy atom. The van der Waals surface area contributed by atoms with E-state index in [1.54, 1.807) is 36.4 Å². The fraction of sp³-hybridized carbons (Fsp3) is 0. The largest absolute Gasteiger partial charge is 0.423 e. The van der Waals surface area contributed by atoms with Gasteiger partial charge in [-0.05, 0) is 35.9 Å². The number of hydrogen-bond acceptors (Lipinski definition) is 2. The highest BCUT2D eigenvalue weighted by Gasteiger charge is 2.04. The Bertz CT molecular complexity index is 666. The van der Waals surface area contributed by atoms with Crippen molar-refractivity contribution in [2.45, 2.75) is 0 Å². The van der Waals surface area contributed by atoms with Crippen LogP contribution in [0.1, 0.15) is 5.56 Å². The Labute approximate surface area is 131 Å². The molecule has 0 saturated carbocycles. The Kier molecular flexibility index (Phi) is 5.07. The number of benzene rings is 2. The van der Waals surface area contributed by atoms with Crippen molar-refractivity contribution in [2.24, 2.45) is 0 Å². The predicted molar refractivity (Wildman–Crippen MR) is 82.6 cm³/mol. The summed E-state index contributed by atoms with van der Waals surface area (Å²) in [5.74, 6) is -0.177. The topological polar surface area (TPSA) is 26.3 Å². The first-order valence-electron chi connectivity index (χ1n) is 5.65. The lowest BCUT2D eigenvalue weighted by Gasteiger charge is -2.02. The Morgan fingerprint density at radius 1 is 1.00 bits per heavy atom. The molecule has 0 amide bonds. The molecule has 0 aromatic heterocycles. The van der Waals surface area contributed by atoms with Crippen molar-refractivity contribution >= 4 is 46.8 Å². The molecule has 0 N–H and O–H groups in total. The third-order valence-electron chi connectivity index (χ3n) is 2.37. The van der Waals surface area contributed by atoms with Crippen molar-refractivity contribution in [3.63, 3.8) is 0 Å². The first-order valence-corrected chi connectivity index (χ1v) is 6.78. The molecule has 2 rings (SSSR count). The zero-order valence-electron chi connectivity index (χ0n) is 10.1. The van der Waals surface area contributed by atoms with E-state index in [1.165, 1.54) is 12.1 Å². The molecule has 0 bridgehead atoms. The number of carbonyl (C=O) groups is 1. The summed E-state index contributed by atoms with van der Waals surface area (Å²) in [6.45, 7) is 0. The van der Waals surface area contributed by atoms with Gasteiger partial charge < -0.3 is 4.74 Å². The van der Waals surface area contributed by atoms with Gasteiger partial charge in [-0.15, -0.1) is 0 Å². The molecule has 0 unspecified atom stereocenters. The van der Waals surface area contributed by atoms with Crippen molar-refractivity contribution in [1.82, 2.24) is 0 Å². The summed E-state index contributed by atoms with van der Waals surface area (Å²) >= 11 is 17.5. The van der Waals surface area contributed by atoms with Gasteiger partial charge in [0.2, 0.25) is 0 Å². The SMILES string of the molecule is O=C(/C=C/c1cccc(Cl)c1)Oc1ccc(Cl)c(Cl)c1. The summed E-state index contributed by atoms with van der Waals surface area (Å²) in [6, 6.07) is 11.7. The number of hydrogen-bond donors (Lipinski definition) is 0. The molecule has 0 spiro atoms. The monoisotopic (exact) mass is 326 g/mol. The molecule has 2 aromatic carbocycles. The molecule has 0 atom stereocenters.